The van der Waals surface area contributed by atoms with Crippen LogP contribution in [-0.4, -0.2) is 74.5 Å². The van der Waals surface area contributed by atoms with Gasteiger partial charge in [0.2, 0.25) is 11.8 Å². The van der Waals surface area contributed by atoms with Crippen molar-refractivity contribution >= 4 is 17.5 Å². The second kappa shape index (κ2) is 10.4. The molecular weight excluding hydrogens is 418 g/mol. The molecule has 1 fully saturated rings. The van der Waals surface area contributed by atoms with Gasteiger partial charge in [0.15, 0.2) is 0 Å². The highest BCUT2D eigenvalue weighted by molar-refractivity contribution is 5.93. The summed E-state index contributed by atoms with van der Waals surface area (Å²) in [6.45, 7) is 6.67. The molecule has 2 aromatic carbocycles. The predicted molar refractivity (Wildman–Crippen MR) is 125 cm³/mol. The number of piperazine rings is 1. The molecule has 33 heavy (non-hydrogen) atoms. The van der Waals surface area contributed by atoms with E-state index in [0.717, 1.165) is 22.4 Å². The van der Waals surface area contributed by atoms with E-state index in [1.165, 1.54) is 11.0 Å². The molecule has 1 N–H and O–H groups in total. The number of aromatic nitrogens is 4. The summed E-state index contributed by atoms with van der Waals surface area (Å²) in [6.07, 6.45) is 2.00. The van der Waals surface area contributed by atoms with Gasteiger partial charge in [-0.25, -0.2) is 4.68 Å². The molecule has 2 heterocycles. The molecule has 0 radical (unpaired) electrons. The molecule has 1 unspecified atom stereocenters. The first-order valence-corrected chi connectivity index (χ1v) is 11.1. The number of benzene rings is 2. The zero-order valence-corrected chi connectivity index (χ0v) is 19.0. The monoisotopic (exact) mass is 447 g/mol. The van der Waals surface area contributed by atoms with Crippen LogP contribution in [0.25, 0.3) is 0 Å². The van der Waals surface area contributed by atoms with Gasteiger partial charge in [0.25, 0.3) is 0 Å². The van der Waals surface area contributed by atoms with Crippen LogP contribution >= 0.6 is 0 Å². The number of aryl methyl sites for hydroxylation is 2. The summed E-state index contributed by atoms with van der Waals surface area (Å²) in [5.41, 5.74) is 4.02. The normalized spacial score (nSPS) is 15.3. The number of nitrogens with zero attached hydrogens (tertiary/aromatic N) is 6. The van der Waals surface area contributed by atoms with Gasteiger partial charge in [-0.3, -0.25) is 14.5 Å². The number of hydrogen-bond donors (Lipinski definition) is 1. The van der Waals surface area contributed by atoms with Gasteiger partial charge in [0, 0.05) is 38.3 Å². The van der Waals surface area contributed by atoms with E-state index in [0.29, 0.717) is 39.1 Å². The molecule has 1 aliphatic rings. The summed E-state index contributed by atoms with van der Waals surface area (Å²) >= 11 is 0. The molecule has 3 aromatic rings. The molecule has 1 atom stereocenters. The van der Waals surface area contributed by atoms with E-state index in [9.17, 15) is 9.59 Å². The second-order valence-electron chi connectivity index (χ2n) is 8.41. The molecule has 1 aromatic heterocycles. The summed E-state index contributed by atoms with van der Waals surface area (Å²) in [6, 6.07) is 15.3. The molecule has 9 heteroatoms. The Morgan fingerprint density at radius 2 is 1.67 bits per heavy atom. The third-order valence-corrected chi connectivity index (χ3v) is 6.04. The maximum atomic E-state index is 13.4. The van der Waals surface area contributed by atoms with Gasteiger partial charge >= 0.3 is 0 Å². The van der Waals surface area contributed by atoms with Crippen LogP contribution in [0.15, 0.2) is 54.9 Å². The van der Waals surface area contributed by atoms with Gasteiger partial charge < -0.3 is 10.2 Å². The molecule has 9 nitrogen and oxygen atoms in total. The van der Waals surface area contributed by atoms with Gasteiger partial charge in [-0.15, -0.1) is 5.10 Å². The number of nitrogens with one attached hydrogen (secondary N) is 1. The summed E-state index contributed by atoms with van der Waals surface area (Å²) in [5.74, 6) is -0.0476. The molecule has 1 saturated heterocycles. The van der Waals surface area contributed by atoms with Crippen LogP contribution in [0.1, 0.15) is 22.7 Å². The highest BCUT2D eigenvalue weighted by atomic mass is 16.2. The van der Waals surface area contributed by atoms with Crippen molar-refractivity contribution in [3.8, 4) is 0 Å². The number of carbonyl (C=O) groups is 2. The number of amides is 2. The summed E-state index contributed by atoms with van der Waals surface area (Å²) in [4.78, 5) is 29.9. The van der Waals surface area contributed by atoms with Crippen molar-refractivity contribution in [2.24, 2.45) is 0 Å². The fourth-order valence-corrected chi connectivity index (χ4v) is 4.17. The lowest BCUT2D eigenvalue weighted by Gasteiger charge is -2.36. The number of rotatable bonds is 7. The van der Waals surface area contributed by atoms with Crippen LogP contribution < -0.4 is 5.32 Å². The molecule has 4 rings (SSSR count). The Kier molecular flexibility index (Phi) is 7.09. The Morgan fingerprint density at radius 3 is 2.30 bits per heavy atom. The summed E-state index contributed by atoms with van der Waals surface area (Å²) < 4.78 is 1.53. The maximum Gasteiger partial charge on any atom is 0.248 e. The first kappa shape index (κ1) is 22.6. The van der Waals surface area contributed by atoms with Crippen molar-refractivity contribution in [2.75, 3.05) is 38.0 Å². The van der Waals surface area contributed by atoms with Crippen LogP contribution in [0.2, 0.25) is 0 Å². The third kappa shape index (κ3) is 5.61. The SMILES string of the molecule is Cc1cccc(C)c1NC(=O)CN1CCN(C(=O)C(Cc2ccccc2)n2cnnn2)CC1. The first-order chi connectivity index (χ1) is 16.0. The van der Waals surface area contributed by atoms with Crippen molar-refractivity contribution in [2.45, 2.75) is 26.3 Å². The smallest absolute Gasteiger partial charge is 0.248 e. The zero-order chi connectivity index (χ0) is 23.2. The topological polar surface area (TPSA) is 96.2 Å². The quantitative estimate of drug-likeness (QED) is 0.594. The van der Waals surface area contributed by atoms with Gasteiger partial charge in [0.05, 0.1) is 6.54 Å². The molecule has 0 bridgehead atoms. The lowest BCUT2D eigenvalue weighted by Crippen LogP contribution is -2.52. The van der Waals surface area contributed by atoms with Crippen molar-refractivity contribution in [3.63, 3.8) is 0 Å². The van der Waals surface area contributed by atoms with E-state index < -0.39 is 6.04 Å². The number of anilines is 1. The van der Waals surface area contributed by atoms with Gasteiger partial charge in [-0.05, 0) is 41.0 Å². The van der Waals surface area contributed by atoms with E-state index in [2.05, 4.69) is 25.7 Å². The fourth-order valence-electron chi connectivity index (χ4n) is 4.17. The lowest BCUT2D eigenvalue weighted by molar-refractivity contribution is -0.137. The average Bonchev–Trinajstić information content (AvgIpc) is 3.35. The largest absolute Gasteiger partial charge is 0.338 e. The predicted octanol–water partition coefficient (Wildman–Crippen LogP) is 1.86. The van der Waals surface area contributed by atoms with Crippen LogP contribution in [0.4, 0.5) is 5.69 Å². The van der Waals surface area contributed by atoms with Crippen molar-refractivity contribution in [1.82, 2.24) is 30.0 Å². The van der Waals surface area contributed by atoms with Crippen LogP contribution in [-0.2, 0) is 16.0 Å². The maximum absolute atomic E-state index is 13.4. The van der Waals surface area contributed by atoms with E-state index in [1.807, 2.05) is 67.3 Å². The molecule has 0 aliphatic carbocycles. The summed E-state index contributed by atoms with van der Waals surface area (Å²) in [5, 5.41) is 14.4. The molecular formula is C24H29N7O2. The Labute approximate surface area is 193 Å². The van der Waals surface area contributed by atoms with Crippen LogP contribution in [0.3, 0.4) is 0 Å². The average molecular weight is 448 g/mol. The van der Waals surface area contributed by atoms with E-state index in [1.54, 1.807) is 0 Å². The Hall–Kier alpha value is -3.59. The van der Waals surface area contributed by atoms with Gasteiger partial charge in [-0.2, -0.15) is 0 Å². The number of tetrazole rings is 1. The molecule has 2 amide bonds. The van der Waals surface area contributed by atoms with Crippen molar-refractivity contribution in [1.29, 1.82) is 0 Å². The summed E-state index contributed by atoms with van der Waals surface area (Å²) in [7, 11) is 0. The van der Waals surface area contributed by atoms with Crippen molar-refractivity contribution < 1.29 is 9.59 Å². The van der Waals surface area contributed by atoms with Crippen molar-refractivity contribution in [3.05, 3.63) is 71.5 Å². The van der Waals surface area contributed by atoms with E-state index in [4.69, 9.17) is 0 Å². The molecule has 172 valence electrons. The Morgan fingerprint density at radius 1 is 0.970 bits per heavy atom. The van der Waals surface area contributed by atoms with Crippen LogP contribution in [0, 0.1) is 13.8 Å². The van der Waals surface area contributed by atoms with Gasteiger partial charge in [0.1, 0.15) is 12.4 Å². The number of carbonyl (C=O) groups excluding carboxylic acids is 2. The number of hydrogen-bond acceptors (Lipinski definition) is 6. The standard InChI is InChI=1S/C24H29N7O2/c1-18-7-6-8-19(2)23(18)26-22(32)16-29-11-13-30(14-12-29)24(33)21(31-17-25-27-28-31)15-20-9-4-3-5-10-20/h3-10,17,21H,11-16H2,1-2H3,(H,26,32). The highest BCUT2D eigenvalue weighted by Gasteiger charge is 2.30. The minimum atomic E-state index is -0.499. The minimum Gasteiger partial charge on any atom is -0.338 e. The Balaban J connectivity index is 1.34. The van der Waals surface area contributed by atoms with Crippen LogP contribution in [0.5, 0.6) is 0 Å². The molecule has 1 aliphatic heterocycles. The van der Waals surface area contributed by atoms with E-state index >= 15 is 0 Å². The fraction of sp³-hybridized carbons (Fsp3) is 0.375. The zero-order valence-electron chi connectivity index (χ0n) is 19.0. The number of para-hydroxylation sites is 1. The Bertz CT molecular complexity index is 1060. The minimum absolute atomic E-state index is 0.00853. The lowest BCUT2D eigenvalue weighted by atomic mass is 10.0. The third-order valence-electron chi connectivity index (χ3n) is 6.04. The molecule has 0 spiro atoms. The first-order valence-electron chi connectivity index (χ1n) is 11.1. The highest BCUT2D eigenvalue weighted by Crippen LogP contribution is 2.20. The molecule has 0 saturated carbocycles. The van der Waals surface area contributed by atoms with E-state index in [-0.39, 0.29) is 11.8 Å². The second-order valence-corrected chi connectivity index (χ2v) is 8.41. The van der Waals surface area contributed by atoms with Gasteiger partial charge in [-0.1, -0.05) is 48.5 Å².